The van der Waals surface area contributed by atoms with Crippen LogP contribution in [-0.4, -0.2) is 41.0 Å². The van der Waals surface area contributed by atoms with Crippen molar-refractivity contribution in [2.45, 2.75) is 51.0 Å². The fraction of sp³-hybridized carbons (Fsp3) is 0.500. The van der Waals surface area contributed by atoms with Crippen LogP contribution in [0.5, 0.6) is 0 Å². The highest BCUT2D eigenvalue weighted by molar-refractivity contribution is 6.08. The predicted octanol–water partition coefficient (Wildman–Crippen LogP) is 1.69. The van der Waals surface area contributed by atoms with Crippen LogP contribution in [0.4, 0.5) is 4.79 Å². The van der Waals surface area contributed by atoms with Crippen molar-refractivity contribution in [2.24, 2.45) is 5.92 Å². The second-order valence-corrected chi connectivity index (χ2v) is 7.52. The fourth-order valence-electron chi connectivity index (χ4n) is 3.58. The van der Waals surface area contributed by atoms with Gasteiger partial charge < -0.3 is 10.1 Å². The number of carbonyl (C=O) groups excluding carboxylic acids is 4. The number of imide groups is 1. The molecule has 3 rings (SSSR count). The number of esters is 1. The minimum absolute atomic E-state index is 0.141. The number of nitrogens with one attached hydrogen (secondary N) is 2. The maximum atomic E-state index is 12.7. The summed E-state index contributed by atoms with van der Waals surface area (Å²) >= 11 is 0. The zero-order chi connectivity index (χ0) is 20.1. The highest BCUT2D eigenvalue weighted by Crippen LogP contribution is 2.35. The van der Waals surface area contributed by atoms with Crippen LogP contribution in [0.3, 0.4) is 0 Å². The molecule has 1 saturated heterocycles. The summed E-state index contributed by atoms with van der Waals surface area (Å²) in [6.45, 7) is 1.56. The largest absolute Gasteiger partial charge is 0.455 e. The van der Waals surface area contributed by atoms with E-state index in [1.54, 1.807) is 0 Å². The Labute approximate surface area is 163 Å². The summed E-state index contributed by atoms with van der Waals surface area (Å²) < 4.78 is 4.94. The van der Waals surface area contributed by atoms with E-state index in [0.717, 1.165) is 18.4 Å². The molecule has 4 amide bonds. The van der Waals surface area contributed by atoms with Gasteiger partial charge in [-0.3, -0.25) is 19.8 Å². The molecule has 0 aromatic heterocycles. The Kier molecular flexibility index (Phi) is 5.96. The summed E-state index contributed by atoms with van der Waals surface area (Å²) in [5.74, 6) is -1.19. The van der Waals surface area contributed by atoms with E-state index in [1.807, 2.05) is 30.3 Å². The van der Waals surface area contributed by atoms with Crippen molar-refractivity contribution in [1.82, 2.24) is 15.8 Å². The van der Waals surface area contributed by atoms with Crippen molar-refractivity contribution >= 4 is 23.8 Å². The van der Waals surface area contributed by atoms with Crippen molar-refractivity contribution in [3.8, 4) is 0 Å². The van der Waals surface area contributed by atoms with Gasteiger partial charge in [-0.2, -0.15) is 5.01 Å². The van der Waals surface area contributed by atoms with Crippen LogP contribution < -0.4 is 10.7 Å². The Hall–Kier alpha value is -2.90. The number of ether oxygens (including phenoxy) is 1. The van der Waals surface area contributed by atoms with Gasteiger partial charge in [0.25, 0.3) is 11.8 Å². The molecule has 2 N–H and O–H groups in total. The average molecular weight is 387 g/mol. The third-order valence-electron chi connectivity index (χ3n) is 5.35. The molecule has 8 nitrogen and oxygen atoms in total. The summed E-state index contributed by atoms with van der Waals surface area (Å²) in [5.41, 5.74) is 2.31. The SMILES string of the molecule is CC1CCC2(CC1)NC(=O)N(NC(=O)COC(=O)CCc1ccccc1)C2=O. The van der Waals surface area contributed by atoms with Gasteiger partial charge in [0.2, 0.25) is 0 Å². The van der Waals surface area contributed by atoms with Crippen LogP contribution in [0.2, 0.25) is 0 Å². The van der Waals surface area contributed by atoms with Crippen LogP contribution in [0.1, 0.15) is 44.6 Å². The lowest BCUT2D eigenvalue weighted by Crippen LogP contribution is -2.52. The highest BCUT2D eigenvalue weighted by Gasteiger charge is 2.52. The Morgan fingerprint density at radius 1 is 1.21 bits per heavy atom. The molecule has 0 bridgehead atoms. The number of hydrogen-bond donors (Lipinski definition) is 2. The van der Waals surface area contributed by atoms with Gasteiger partial charge in [-0.05, 0) is 43.6 Å². The lowest BCUT2D eigenvalue weighted by molar-refractivity contribution is -0.150. The van der Waals surface area contributed by atoms with E-state index in [2.05, 4.69) is 17.7 Å². The van der Waals surface area contributed by atoms with Crippen LogP contribution >= 0.6 is 0 Å². The topological polar surface area (TPSA) is 105 Å². The Bertz CT molecular complexity index is 756. The van der Waals surface area contributed by atoms with Crippen molar-refractivity contribution in [3.05, 3.63) is 35.9 Å². The Morgan fingerprint density at radius 3 is 2.57 bits per heavy atom. The van der Waals surface area contributed by atoms with Crippen LogP contribution in [0, 0.1) is 5.92 Å². The molecule has 2 fully saturated rings. The number of hydrazine groups is 1. The van der Waals surface area contributed by atoms with E-state index < -0.39 is 36.0 Å². The summed E-state index contributed by atoms with van der Waals surface area (Å²) in [7, 11) is 0. The molecule has 0 atom stereocenters. The predicted molar refractivity (Wildman–Crippen MR) is 99.6 cm³/mol. The molecule has 0 radical (unpaired) electrons. The number of aryl methyl sites for hydroxylation is 1. The van der Waals surface area contributed by atoms with E-state index in [0.29, 0.717) is 30.2 Å². The molecule has 1 aromatic rings. The van der Waals surface area contributed by atoms with Gasteiger partial charge in [0, 0.05) is 6.42 Å². The second-order valence-electron chi connectivity index (χ2n) is 7.52. The molecular formula is C20H25N3O5. The standard InChI is InChI=1S/C20H25N3O5/c1-14-9-11-20(12-10-14)18(26)23(19(27)21-20)22-16(24)13-28-17(25)8-7-15-5-3-2-4-6-15/h2-6,14H,7-13H2,1H3,(H,21,27)(H,22,24). The van der Waals surface area contributed by atoms with Crippen molar-refractivity contribution in [2.75, 3.05) is 6.61 Å². The van der Waals surface area contributed by atoms with Gasteiger partial charge >= 0.3 is 12.0 Å². The van der Waals surface area contributed by atoms with Gasteiger partial charge in [0.05, 0.1) is 0 Å². The zero-order valence-corrected chi connectivity index (χ0v) is 15.9. The summed E-state index contributed by atoms with van der Waals surface area (Å²) in [6, 6.07) is 8.81. The highest BCUT2D eigenvalue weighted by atomic mass is 16.5. The molecule has 1 aliphatic heterocycles. The maximum Gasteiger partial charge on any atom is 0.344 e. The number of rotatable bonds is 6. The molecule has 1 heterocycles. The number of benzene rings is 1. The first-order valence-corrected chi connectivity index (χ1v) is 9.55. The molecule has 150 valence electrons. The van der Waals surface area contributed by atoms with Gasteiger partial charge in [-0.1, -0.05) is 37.3 Å². The Balaban J connectivity index is 1.45. The second kappa shape index (κ2) is 8.41. The first kappa shape index (κ1) is 19.9. The van der Waals surface area contributed by atoms with Crippen LogP contribution in [-0.2, 0) is 25.5 Å². The Morgan fingerprint density at radius 2 is 1.89 bits per heavy atom. The molecule has 1 saturated carbocycles. The quantitative estimate of drug-likeness (QED) is 0.571. The van der Waals surface area contributed by atoms with E-state index in [4.69, 9.17) is 4.74 Å². The van der Waals surface area contributed by atoms with E-state index in [-0.39, 0.29) is 6.42 Å². The summed E-state index contributed by atoms with van der Waals surface area (Å²) in [6.07, 6.45) is 3.44. The molecule has 2 aliphatic rings. The molecule has 1 aliphatic carbocycles. The summed E-state index contributed by atoms with van der Waals surface area (Å²) in [5, 5.41) is 3.42. The van der Waals surface area contributed by atoms with Gasteiger partial charge in [-0.15, -0.1) is 0 Å². The van der Waals surface area contributed by atoms with Crippen LogP contribution in [0.15, 0.2) is 30.3 Å². The van der Waals surface area contributed by atoms with Crippen molar-refractivity contribution < 1.29 is 23.9 Å². The molecule has 0 unspecified atom stereocenters. The van der Waals surface area contributed by atoms with Gasteiger partial charge in [0.15, 0.2) is 6.61 Å². The molecule has 8 heteroatoms. The smallest absolute Gasteiger partial charge is 0.344 e. The van der Waals surface area contributed by atoms with Crippen LogP contribution in [0.25, 0.3) is 0 Å². The molecular weight excluding hydrogens is 362 g/mol. The minimum atomic E-state index is -0.927. The number of amides is 4. The third kappa shape index (κ3) is 4.49. The van der Waals surface area contributed by atoms with E-state index in [1.165, 1.54) is 0 Å². The normalized spacial score (nSPS) is 24.2. The first-order valence-electron chi connectivity index (χ1n) is 9.55. The molecule has 1 aromatic carbocycles. The zero-order valence-electron chi connectivity index (χ0n) is 15.9. The maximum absolute atomic E-state index is 12.7. The number of hydrogen-bond acceptors (Lipinski definition) is 5. The summed E-state index contributed by atoms with van der Waals surface area (Å²) in [4.78, 5) is 48.6. The van der Waals surface area contributed by atoms with Gasteiger partial charge in [-0.25, -0.2) is 4.79 Å². The van der Waals surface area contributed by atoms with E-state index in [9.17, 15) is 19.2 Å². The third-order valence-corrected chi connectivity index (χ3v) is 5.35. The number of urea groups is 1. The fourth-order valence-corrected chi connectivity index (χ4v) is 3.58. The van der Waals surface area contributed by atoms with Gasteiger partial charge in [0.1, 0.15) is 5.54 Å². The number of carbonyl (C=O) groups is 4. The first-order chi connectivity index (χ1) is 13.4. The van der Waals surface area contributed by atoms with Crippen molar-refractivity contribution in [3.63, 3.8) is 0 Å². The lowest BCUT2D eigenvalue weighted by Gasteiger charge is -2.33. The molecule has 1 spiro atoms. The van der Waals surface area contributed by atoms with Crippen molar-refractivity contribution in [1.29, 1.82) is 0 Å². The van der Waals surface area contributed by atoms with E-state index >= 15 is 0 Å². The number of nitrogens with zero attached hydrogens (tertiary/aromatic N) is 1. The average Bonchev–Trinajstić information content (AvgIpc) is 2.92. The molecule has 28 heavy (non-hydrogen) atoms. The monoisotopic (exact) mass is 387 g/mol. The minimum Gasteiger partial charge on any atom is -0.455 e. The lowest BCUT2D eigenvalue weighted by atomic mass is 9.77.